The van der Waals surface area contributed by atoms with Crippen molar-refractivity contribution in [3.05, 3.63) is 10.4 Å². The van der Waals surface area contributed by atoms with Gasteiger partial charge in [-0.2, -0.15) is 11.8 Å². The lowest BCUT2D eigenvalue weighted by atomic mass is 10.1. The molecule has 0 amide bonds. The summed E-state index contributed by atoms with van der Waals surface area (Å²) in [5.41, 5.74) is 8.16. The molecule has 0 atom stereocenters. The van der Waals surface area contributed by atoms with Gasteiger partial charge in [-0.1, -0.05) is 19.0 Å². The molecule has 5 heteroatoms. The Hall–Kier alpha value is -0.380. The Labute approximate surface area is 96.0 Å². The quantitative estimate of drug-likeness (QED) is 0.321. The Morgan fingerprint density at radius 1 is 1.47 bits per heavy atom. The molecule has 15 heavy (non-hydrogen) atoms. The standard InChI is InChI=1S/C10H20N4S/c1-10(2)4-7-14(8-9-15-10)6-3-5-12-13-11/h3-9H2,1-2H3. The molecule has 0 N–H and O–H groups in total. The Balaban J connectivity index is 2.22. The zero-order valence-corrected chi connectivity index (χ0v) is 10.5. The average Bonchev–Trinajstić information content (AvgIpc) is 2.35. The molecule has 0 aliphatic carbocycles. The van der Waals surface area contributed by atoms with Crippen molar-refractivity contribution in [2.75, 3.05) is 31.9 Å². The molecule has 1 rings (SSSR count). The van der Waals surface area contributed by atoms with Gasteiger partial charge in [0.05, 0.1) is 0 Å². The molecule has 4 nitrogen and oxygen atoms in total. The molecule has 1 aliphatic heterocycles. The maximum atomic E-state index is 8.16. The minimum Gasteiger partial charge on any atom is -0.302 e. The van der Waals surface area contributed by atoms with Crippen molar-refractivity contribution < 1.29 is 0 Å². The van der Waals surface area contributed by atoms with E-state index in [-0.39, 0.29) is 0 Å². The summed E-state index contributed by atoms with van der Waals surface area (Å²) in [5.74, 6) is 1.22. The first kappa shape index (κ1) is 12.7. The number of hydrogen-bond donors (Lipinski definition) is 0. The topological polar surface area (TPSA) is 52.0 Å². The van der Waals surface area contributed by atoms with Crippen LogP contribution in [-0.4, -0.2) is 41.6 Å². The van der Waals surface area contributed by atoms with E-state index in [9.17, 15) is 0 Å². The Kier molecular flexibility index (Phi) is 5.29. The van der Waals surface area contributed by atoms with E-state index in [1.54, 1.807) is 0 Å². The fraction of sp³-hybridized carbons (Fsp3) is 1.00. The van der Waals surface area contributed by atoms with Crippen LogP contribution in [0.1, 0.15) is 26.7 Å². The van der Waals surface area contributed by atoms with Gasteiger partial charge in [-0.15, -0.1) is 0 Å². The number of nitrogens with zero attached hydrogens (tertiary/aromatic N) is 4. The van der Waals surface area contributed by atoms with E-state index < -0.39 is 0 Å². The van der Waals surface area contributed by atoms with Gasteiger partial charge in [-0.05, 0) is 31.5 Å². The van der Waals surface area contributed by atoms with Crippen molar-refractivity contribution in [3.8, 4) is 0 Å². The highest BCUT2D eigenvalue weighted by Gasteiger charge is 2.22. The fourth-order valence-corrected chi connectivity index (χ4v) is 2.83. The van der Waals surface area contributed by atoms with Gasteiger partial charge in [-0.3, -0.25) is 0 Å². The van der Waals surface area contributed by atoms with Crippen LogP contribution in [0.4, 0.5) is 0 Å². The van der Waals surface area contributed by atoms with E-state index in [0.29, 0.717) is 11.3 Å². The van der Waals surface area contributed by atoms with Crippen LogP contribution in [0, 0.1) is 0 Å². The molecule has 86 valence electrons. The van der Waals surface area contributed by atoms with Crippen LogP contribution in [-0.2, 0) is 0 Å². The fourth-order valence-electron chi connectivity index (χ4n) is 1.70. The first-order valence-electron chi connectivity index (χ1n) is 5.51. The van der Waals surface area contributed by atoms with Crippen molar-refractivity contribution in [2.45, 2.75) is 31.4 Å². The highest BCUT2D eigenvalue weighted by molar-refractivity contribution is 8.00. The van der Waals surface area contributed by atoms with Crippen LogP contribution in [0.25, 0.3) is 10.4 Å². The minimum atomic E-state index is 0.430. The third-order valence-electron chi connectivity index (χ3n) is 2.73. The smallest absolute Gasteiger partial charge is 0.0270 e. The minimum absolute atomic E-state index is 0.430. The van der Waals surface area contributed by atoms with Gasteiger partial charge >= 0.3 is 0 Å². The van der Waals surface area contributed by atoms with Gasteiger partial charge in [-0.25, -0.2) is 0 Å². The molecule has 0 aromatic carbocycles. The lowest BCUT2D eigenvalue weighted by Crippen LogP contribution is -2.28. The summed E-state index contributed by atoms with van der Waals surface area (Å²) in [4.78, 5) is 5.24. The Bertz CT molecular complexity index is 236. The van der Waals surface area contributed by atoms with Crippen LogP contribution in [0.5, 0.6) is 0 Å². The zero-order valence-electron chi connectivity index (χ0n) is 9.65. The van der Waals surface area contributed by atoms with E-state index in [1.165, 1.54) is 25.3 Å². The first-order chi connectivity index (χ1) is 7.14. The Morgan fingerprint density at radius 3 is 3.00 bits per heavy atom. The molecule has 0 spiro atoms. The predicted octanol–water partition coefficient (Wildman–Crippen LogP) is 2.90. The molecule has 1 heterocycles. The second kappa shape index (κ2) is 6.26. The van der Waals surface area contributed by atoms with Crippen LogP contribution in [0.15, 0.2) is 5.11 Å². The average molecular weight is 228 g/mol. The monoisotopic (exact) mass is 228 g/mol. The normalized spacial score (nSPS) is 21.7. The molecule has 1 saturated heterocycles. The molecule has 0 aromatic heterocycles. The third-order valence-corrected chi connectivity index (χ3v) is 4.10. The van der Waals surface area contributed by atoms with E-state index in [2.05, 4.69) is 40.5 Å². The molecule has 0 radical (unpaired) electrons. The van der Waals surface area contributed by atoms with Gasteiger partial charge in [0.1, 0.15) is 0 Å². The summed E-state index contributed by atoms with van der Waals surface area (Å²) in [5, 5.41) is 3.56. The van der Waals surface area contributed by atoms with Gasteiger partial charge in [0.2, 0.25) is 0 Å². The molecule has 0 aromatic rings. The number of azide groups is 1. The van der Waals surface area contributed by atoms with E-state index in [4.69, 9.17) is 5.53 Å². The predicted molar refractivity (Wildman–Crippen MR) is 66.2 cm³/mol. The molecule has 0 bridgehead atoms. The van der Waals surface area contributed by atoms with Crippen LogP contribution < -0.4 is 0 Å². The summed E-state index contributed by atoms with van der Waals surface area (Å²) < 4.78 is 0.430. The maximum Gasteiger partial charge on any atom is 0.0270 e. The summed E-state index contributed by atoms with van der Waals surface area (Å²) in [6.45, 7) is 8.68. The molecule has 0 unspecified atom stereocenters. The van der Waals surface area contributed by atoms with Crippen molar-refractivity contribution >= 4 is 11.8 Å². The molecular weight excluding hydrogens is 208 g/mol. The highest BCUT2D eigenvalue weighted by atomic mass is 32.2. The summed E-state index contributed by atoms with van der Waals surface area (Å²) >= 11 is 2.07. The van der Waals surface area contributed by atoms with Crippen LogP contribution in [0.2, 0.25) is 0 Å². The maximum absolute atomic E-state index is 8.16. The third kappa shape index (κ3) is 5.30. The number of thioether (sulfide) groups is 1. The summed E-state index contributed by atoms with van der Waals surface area (Å²) in [6, 6.07) is 0. The molecule has 1 aliphatic rings. The lowest BCUT2D eigenvalue weighted by Gasteiger charge is -2.22. The van der Waals surface area contributed by atoms with Gasteiger partial charge in [0.25, 0.3) is 0 Å². The van der Waals surface area contributed by atoms with Crippen LogP contribution in [0.3, 0.4) is 0 Å². The first-order valence-corrected chi connectivity index (χ1v) is 6.50. The summed E-state index contributed by atoms with van der Waals surface area (Å²) in [6.07, 6.45) is 2.23. The molecule has 0 saturated carbocycles. The second-order valence-corrected chi connectivity index (χ2v) is 6.31. The number of rotatable bonds is 4. The second-order valence-electron chi connectivity index (χ2n) is 4.51. The van der Waals surface area contributed by atoms with Gasteiger partial charge in [0, 0.05) is 28.5 Å². The van der Waals surface area contributed by atoms with E-state index >= 15 is 0 Å². The Morgan fingerprint density at radius 2 is 2.27 bits per heavy atom. The highest BCUT2D eigenvalue weighted by Crippen LogP contribution is 2.30. The van der Waals surface area contributed by atoms with Crippen molar-refractivity contribution in [1.29, 1.82) is 0 Å². The number of hydrogen-bond acceptors (Lipinski definition) is 3. The SMILES string of the molecule is CC1(C)CCN(CCCN=[N+]=[N-])CCS1. The van der Waals surface area contributed by atoms with Gasteiger partial charge < -0.3 is 4.90 Å². The molecular formula is C10H20N4S. The van der Waals surface area contributed by atoms with Crippen molar-refractivity contribution in [1.82, 2.24) is 4.90 Å². The lowest BCUT2D eigenvalue weighted by molar-refractivity contribution is 0.282. The van der Waals surface area contributed by atoms with E-state index in [1.807, 2.05) is 0 Å². The van der Waals surface area contributed by atoms with Crippen LogP contribution >= 0.6 is 11.8 Å². The van der Waals surface area contributed by atoms with Crippen molar-refractivity contribution in [2.24, 2.45) is 5.11 Å². The largest absolute Gasteiger partial charge is 0.302 e. The van der Waals surface area contributed by atoms with Gasteiger partial charge in [0.15, 0.2) is 0 Å². The van der Waals surface area contributed by atoms with E-state index in [0.717, 1.165) is 13.0 Å². The molecule has 1 fully saturated rings. The van der Waals surface area contributed by atoms with Crippen molar-refractivity contribution in [3.63, 3.8) is 0 Å². The summed E-state index contributed by atoms with van der Waals surface area (Å²) in [7, 11) is 0. The zero-order chi connectivity index (χ0) is 11.1.